The van der Waals surface area contributed by atoms with Gasteiger partial charge in [-0.2, -0.15) is 0 Å². The molecule has 20 heavy (non-hydrogen) atoms. The highest BCUT2D eigenvalue weighted by atomic mass is 19.1. The molecule has 0 unspecified atom stereocenters. The molecule has 0 amide bonds. The zero-order valence-electron chi connectivity index (χ0n) is 10.9. The van der Waals surface area contributed by atoms with E-state index in [4.69, 9.17) is 5.73 Å². The molecule has 3 aromatic rings. The van der Waals surface area contributed by atoms with E-state index >= 15 is 0 Å². The maximum atomic E-state index is 13.8. The second-order valence-electron chi connectivity index (χ2n) is 4.59. The van der Waals surface area contributed by atoms with Crippen LogP contribution in [0.2, 0.25) is 0 Å². The molecule has 0 saturated heterocycles. The van der Waals surface area contributed by atoms with Gasteiger partial charge in [-0.15, -0.1) is 0 Å². The van der Waals surface area contributed by atoms with Gasteiger partial charge >= 0.3 is 0 Å². The minimum absolute atomic E-state index is 0.232. The summed E-state index contributed by atoms with van der Waals surface area (Å²) in [6.07, 6.45) is 4.30. The summed E-state index contributed by atoms with van der Waals surface area (Å²) >= 11 is 0. The lowest BCUT2D eigenvalue weighted by Gasteiger charge is -2.07. The van der Waals surface area contributed by atoms with Gasteiger partial charge in [-0.3, -0.25) is 0 Å². The van der Waals surface area contributed by atoms with Gasteiger partial charge in [0.2, 0.25) is 0 Å². The average molecular weight is 267 g/mol. The summed E-state index contributed by atoms with van der Waals surface area (Å²) in [5.41, 5.74) is 7.34. The van der Waals surface area contributed by atoms with Crippen LogP contribution in [0.5, 0.6) is 0 Å². The van der Waals surface area contributed by atoms with Crippen LogP contribution in [-0.4, -0.2) is 16.5 Å². The molecule has 3 nitrogen and oxygen atoms in total. The Hall–Kier alpha value is -2.33. The van der Waals surface area contributed by atoms with Gasteiger partial charge in [0.15, 0.2) is 5.82 Å². The maximum absolute atomic E-state index is 13.8. The third kappa shape index (κ3) is 2.26. The molecule has 1 aromatic heterocycles. The van der Waals surface area contributed by atoms with E-state index < -0.39 is 0 Å². The van der Waals surface area contributed by atoms with Gasteiger partial charge < -0.3 is 5.73 Å². The van der Waals surface area contributed by atoms with E-state index in [2.05, 4.69) is 9.97 Å². The van der Waals surface area contributed by atoms with Crippen LogP contribution in [0.3, 0.4) is 0 Å². The fourth-order valence-electron chi connectivity index (χ4n) is 2.25. The highest BCUT2D eigenvalue weighted by molar-refractivity contribution is 5.95. The number of benzene rings is 2. The second kappa shape index (κ2) is 5.35. The summed E-state index contributed by atoms with van der Waals surface area (Å²) in [5.74, 6) is 0.367. The number of nitrogens with zero attached hydrogens (tertiary/aromatic N) is 2. The highest BCUT2D eigenvalue weighted by Gasteiger charge is 2.09. The monoisotopic (exact) mass is 267 g/mol. The Balaban J connectivity index is 2.12. The lowest BCUT2D eigenvalue weighted by atomic mass is 10.0. The van der Waals surface area contributed by atoms with Crippen molar-refractivity contribution in [2.75, 3.05) is 6.54 Å². The zero-order valence-corrected chi connectivity index (χ0v) is 10.9. The Morgan fingerprint density at radius 2 is 1.65 bits per heavy atom. The predicted octanol–water partition coefficient (Wildman–Crippen LogP) is 2.94. The Bertz CT molecular complexity index is 738. The molecular weight excluding hydrogens is 253 g/mol. The van der Waals surface area contributed by atoms with Crippen molar-refractivity contribution in [1.29, 1.82) is 0 Å². The molecule has 0 bridgehead atoms. The molecule has 4 heteroatoms. The Morgan fingerprint density at radius 1 is 0.950 bits per heavy atom. The van der Waals surface area contributed by atoms with Gasteiger partial charge in [-0.05, 0) is 36.0 Å². The average Bonchev–Trinajstić information content (AvgIpc) is 2.49. The first-order chi connectivity index (χ1) is 9.79. The molecule has 1 heterocycles. The van der Waals surface area contributed by atoms with Crippen LogP contribution in [0.15, 0.2) is 48.8 Å². The van der Waals surface area contributed by atoms with Crippen molar-refractivity contribution in [2.24, 2.45) is 5.73 Å². The van der Waals surface area contributed by atoms with Crippen LogP contribution >= 0.6 is 0 Å². The predicted molar refractivity (Wildman–Crippen MR) is 77.7 cm³/mol. The number of aromatic nitrogens is 2. The fraction of sp³-hybridized carbons (Fsp3) is 0.125. The van der Waals surface area contributed by atoms with Gasteiger partial charge in [-0.1, -0.05) is 24.3 Å². The van der Waals surface area contributed by atoms with Crippen molar-refractivity contribution >= 4 is 10.8 Å². The molecule has 0 spiro atoms. The Labute approximate surface area is 116 Å². The first-order valence-corrected chi connectivity index (χ1v) is 6.48. The maximum Gasteiger partial charge on any atom is 0.159 e. The Kier molecular flexibility index (Phi) is 3.39. The molecule has 0 aliphatic carbocycles. The van der Waals surface area contributed by atoms with Gasteiger partial charge in [0.05, 0.1) is 0 Å². The molecule has 2 N–H and O–H groups in total. The molecule has 2 aromatic carbocycles. The van der Waals surface area contributed by atoms with Crippen molar-refractivity contribution in [3.8, 4) is 11.4 Å². The van der Waals surface area contributed by atoms with E-state index in [1.54, 1.807) is 24.5 Å². The SMILES string of the molecule is NCCc1cnc(-c2ccc(F)c3ccccc23)nc1. The van der Waals surface area contributed by atoms with E-state index in [0.717, 1.165) is 22.9 Å². The number of hydrogen-bond donors (Lipinski definition) is 1. The second-order valence-corrected chi connectivity index (χ2v) is 4.59. The highest BCUT2D eigenvalue weighted by Crippen LogP contribution is 2.27. The standard InChI is InChI=1S/C16H14FN3/c17-15-6-5-14(12-3-1-2-4-13(12)15)16-19-9-11(7-8-18)10-20-16/h1-6,9-10H,7-8,18H2. The van der Waals surface area contributed by atoms with Gasteiger partial charge in [0.1, 0.15) is 5.82 Å². The summed E-state index contributed by atoms with van der Waals surface area (Å²) in [7, 11) is 0. The summed E-state index contributed by atoms with van der Waals surface area (Å²) in [6, 6.07) is 10.5. The number of halogens is 1. The van der Waals surface area contributed by atoms with Crippen LogP contribution in [0.1, 0.15) is 5.56 Å². The van der Waals surface area contributed by atoms with E-state index in [0.29, 0.717) is 17.8 Å². The number of rotatable bonds is 3. The fourth-order valence-corrected chi connectivity index (χ4v) is 2.25. The van der Waals surface area contributed by atoms with Crippen LogP contribution in [0.4, 0.5) is 4.39 Å². The molecular formula is C16H14FN3. The van der Waals surface area contributed by atoms with Gasteiger partial charge in [-0.25, -0.2) is 14.4 Å². The summed E-state index contributed by atoms with van der Waals surface area (Å²) in [4.78, 5) is 8.72. The zero-order chi connectivity index (χ0) is 13.9. The van der Waals surface area contributed by atoms with Crippen molar-refractivity contribution in [3.05, 3.63) is 60.2 Å². The molecule has 0 aliphatic rings. The van der Waals surface area contributed by atoms with Crippen LogP contribution in [0.25, 0.3) is 22.2 Å². The molecule has 100 valence electrons. The van der Waals surface area contributed by atoms with E-state index in [1.807, 2.05) is 18.2 Å². The molecule has 0 fully saturated rings. The minimum Gasteiger partial charge on any atom is -0.330 e. The molecule has 0 radical (unpaired) electrons. The third-order valence-corrected chi connectivity index (χ3v) is 3.25. The van der Waals surface area contributed by atoms with Gasteiger partial charge in [0.25, 0.3) is 0 Å². The largest absolute Gasteiger partial charge is 0.330 e. The van der Waals surface area contributed by atoms with Crippen LogP contribution in [-0.2, 0) is 6.42 Å². The van der Waals surface area contributed by atoms with Crippen LogP contribution < -0.4 is 5.73 Å². The molecule has 0 aliphatic heterocycles. The quantitative estimate of drug-likeness (QED) is 0.793. The van der Waals surface area contributed by atoms with Crippen molar-refractivity contribution in [1.82, 2.24) is 9.97 Å². The van der Waals surface area contributed by atoms with E-state index in [1.165, 1.54) is 6.07 Å². The smallest absolute Gasteiger partial charge is 0.159 e. The normalized spacial score (nSPS) is 10.9. The summed E-state index contributed by atoms with van der Waals surface area (Å²) in [6.45, 7) is 0.572. The summed E-state index contributed by atoms with van der Waals surface area (Å²) in [5, 5.41) is 1.40. The minimum atomic E-state index is -0.232. The van der Waals surface area contributed by atoms with Crippen molar-refractivity contribution in [2.45, 2.75) is 6.42 Å². The number of nitrogens with two attached hydrogens (primary N) is 1. The Morgan fingerprint density at radius 3 is 2.35 bits per heavy atom. The topological polar surface area (TPSA) is 51.8 Å². The first-order valence-electron chi connectivity index (χ1n) is 6.48. The lowest BCUT2D eigenvalue weighted by Crippen LogP contribution is -2.03. The van der Waals surface area contributed by atoms with E-state index in [-0.39, 0.29) is 5.82 Å². The number of fused-ring (bicyclic) bond motifs is 1. The van der Waals surface area contributed by atoms with Gasteiger partial charge in [0, 0.05) is 23.3 Å². The van der Waals surface area contributed by atoms with Crippen molar-refractivity contribution in [3.63, 3.8) is 0 Å². The number of hydrogen-bond acceptors (Lipinski definition) is 3. The van der Waals surface area contributed by atoms with Crippen LogP contribution in [0, 0.1) is 5.82 Å². The molecule has 0 saturated carbocycles. The van der Waals surface area contributed by atoms with Crippen molar-refractivity contribution < 1.29 is 4.39 Å². The van der Waals surface area contributed by atoms with E-state index in [9.17, 15) is 4.39 Å². The lowest BCUT2D eigenvalue weighted by molar-refractivity contribution is 0.640. The first kappa shape index (κ1) is 12.7. The third-order valence-electron chi connectivity index (χ3n) is 3.25. The summed E-state index contributed by atoms with van der Waals surface area (Å²) < 4.78 is 13.8. The molecule has 3 rings (SSSR count). The molecule has 0 atom stereocenters.